The van der Waals surface area contributed by atoms with Gasteiger partial charge in [-0.05, 0) is 6.42 Å². The Hall–Kier alpha value is -2.70. The molecule has 0 saturated carbocycles. The number of carbonyl (C=O) groups is 1. The van der Waals surface area contributed by atoms with Crippen LogP contribution in [-0.2, 0) is 15.7 Å². The summed E-state index contributed by atoms with van der Waals surface area (Å²) in [4.78, 5) is 24.6. The van der Waals surface area contributed by atoms with Crippen LogP contribution in [0.1, 0.15) is 36.9 Å². The monoisotopic (exact) mass is 331 g/mol. The number of nitriles is 1. The minimum Gasteiger partial charge on any atom is -0.464 e. The average Bonchev–Trinajstić information content (AvgIpc) is 2.47. The highest BCUT2D eigenvalue weighted by Gasteiger charge is 2.40. The van der Waals surface area contributed by atoms with Crippen LogP contribution in [0.3, 0.4) is 0 Å². The van der Waals surface area contributed by atoms with Crippen LogP contribution in [0.25, 0.3) is 0 Å². The number of unbranched alkanes of at least 4 members (excludes halogenated alkanes) is 1. The zero-order valence-electron chi connectivity index (χ0n) is 12.0. The van der Waals surface area contributed by atoms with E-state index in [9.17, 15) is 28.1 Å². The molecule has 1 aromatic heterocycles. The number of nitrogens with zero attached hydrogens (tertiary/aromatic N) is 3. The highest BCUT2D eigenvalue weighted by atomic mass is 19.4. The fraction of sp³-hybridized carbons (Fsp3) is 0.462. The van der Waals surface area contributed by atoms with Crippen molar-refractivity contribution in [3.63, 3.8) is 0 Å². The number of ether oxygens (including phenoxy) is 1. The minimum absolute atomic E-state index is 0.0398. The lowest BCUT2D eigenvalue weighted by atomic mass is 10.0. The molecule has 124 valence electrons. The van der Waals surface area contributed by atoms with Crippen LogP contribution in [0.2, 0.25) is 0 Å². The first-order valence-electron chi connectivity index (χ1n) is 6.50. The van der Waals surface area contributed by atoms with E-state index in [1.54, 1.807) is 0 Å². The summed E-state index contributed by atoms with van der Waals surface area (Å²) in [5, 5.41) is 19.6. The Bertz CT molecular complexity index is 640. The molecule has 0 aliphatic carbocycles. The van der Waals surface area contributed by atoms with E-state index in [2.05, 4.69) is 4.98 Å². The van der Waals surface area contributed by atoms with Gasteiger partial charge in [-0.3, -0.25) is 19.9 Å². The van der Waals surface area contributed by atoms with Crippen molar-refractivity contribution in [2.45, 2.75) is 31.9 Å². The minimum atomic E-state index is -5.01. The average molecular weight is 331 g/mol. The van der Waals surface area contributed by atoms with E-state index in [1.807, 2.05) is 6.92 Å². The van der Waals surface area contributed by atoms with Crippen LogP contribution in [0.5, 0.6) is 0 Å². The van der Waals surface area contributed by atoms with Crippen molar-refractivity contribution in [3.05, 3.63) is 33.6 Å². The molecule has 0 aliphatic rings. The molecule has 0 spiro atoms. The molecule has 1 aromatic rings. The van der Waals surface area contributed by atoms with Crippen molar-refractivity contribution in [1.29, 1.82) is 5.26 Å². The largest absolute Gasteiger partial charge is 0.464 e. The summed E-state index contributed by atoms with van der Waals surface area (Å²) >= 11 is 0. The van der Waals surface area contributed by atoms with Gasteiger partial charge in [-0.2, -0.15) is 18.4 Å². The Kier molecular flexibility index (Phi) is 6.01. The Balaban J connectivity index is 3.25. The maximum absolute atomic E-state index is 13.0. The van der Waals surface area contributed by atoms with Crippen molar-refractivity contribution in [1.82, 2.24) is 4.98 Å². The van der Waals surface area contributed by atoms with Gasteiger partial charge in [0.1, 0.15) is 6.20 Å². The molecule has 1 unspecified atom stereocenters. The number of alkyl halides is 3. The summed E-state index contributed by atoms with van der Waals surface area (Å²) < 4.78 is 43.8. The molecule has 0 fully saturated rings. The van der Waals surface area contributed by atoms with Crippen molar-refractivity contribution in [3.8, 4) is 6.07 Å². The molecule has 0 bridgehead atoms. The molecule has 0 saturated heterocycles. The molecule has 23 heavy (non-hydrogen) atoms. The first-order chi connectivity index (χ1) is 10.7. The second-order valence-corrected chi connectivity index (χ2v) is 4.46. The maximum atomic E-state index is 13.0. The van der Waals surface area contributed by atoms with E-state index in [4.69, 9.17) is 10.00 Å². The first-order valence-corrected chi connectivity index (χ1v) is 6.50. The highest BCUT2D eigenvalue weighted by Crippen LogP contribution is 2.36. The molecule has 0 radical (unpaired) electrons. The molecule has 7 nitrogen and oxygen atoms in total. The molecule has 1 atom stereocenters. The highest BCUT2D eigenvalue weighted by molar-refractivity contribution is 5.81. The molecule has 0 amide bonds. The number of rotatable bonds is 6. The van der Waals surface area contributed by atoms with Gasteiger partial charge < -0.3 is 4.74 Å². The predicted octanol–water partition coefficient (Wildman–Crippen LogP) is 2.96. The van der Waals surface area contributed by atoms with Crippen molar-refractivity contribution in [2.75, 3.05) is 6.61 Å². The van der Waals surface area contributed by atoms with Gasteiger partial charge in [0.15, 0.2) is 5.92 Å². The second kappa shape index (κ2) is 7.53. The number of halogens is 3. The smallest absolute Gasteiger partial charge is 0.418 e. The summed E-state index contributed by atoms with van der Waals surface area (Å²) in [5.41, 5.74) is -3.31. The first kappa shape index (κ1) is 18.3. The zero-order chi connectivity index (χ0) is 17.6. The molecular weight excluding hydrogens is 319 g/mol. The Morgan fingerprint density at radius 1 is 1.57 bits per heavy atom. The van der Waals surface area contributed by atoms with E-state index >= 15 is 0 Å². The third-order valence-corrected chi connectivity index (χ3v) is 2.80. The van der Waals surface area contributed by atoms with Crippen molar-refractivity contribution < 1.29 is 27.6 Å². The van der Waals surface area contributed by atoms with Crippen LogP contribution >= 0.6 is 0 Å². The number of hydrogen-bond acceptors (Lipinski definition) is 6. The molecule has 0 N–H and O–H groups in total. The molecule has 10 heteroatoms. The number of esters is 1. The fourth-order valence-electron chi connectivity index (χ4n) is 1.65. The van der Waals surface area contributed by atoms with Gasteiger partial charge in [0, 0.05) is 6.07 Å². The molecule has 1 heterocycles. The molecule has 0 aliphatic heterocycles. The number of carbonyl (C=O) groups excluding carboxylic acids is 1. The van der Waals surface area contributed by atoms with E-state index in [1.165, 1.54) is 6.07 Å². The molecule has 0 aromatic carbocycles. The van der Waals surface area contributed by atoms with Gasteiger partial charge in [0.25, 0.3) is 5.69 Å². The SMILES string of the molecule is CCCCOC(=O)C(C#N)c1ncc([N+](=O)[O-])cc1C(F)(F)F. The maximum Gasteiger partial charge on any atom is 0.418 e. The lowest BCUT2D eigenvalue weighted by Crippen LogP contribution is -2.21. The van der Waals surface area contributed by atoms with Crippen LogP contribution in [0.15, 0.2) is 12.3 Å². The predicted molar refractivity (Wildman–Crippen MR) is 70.1 cm³/mol. The van der Waals surface area contributed by atoms with Crippen molar-refractivity contribution in [2.24, 2.45) is 0 Å². The van der Waals surface area contributed by atoms with Crippen LogP contribution in [0, 0.1) is 21.4 Å². The number of aromatic nitrogens is 1. The lowest BCUT2D eigenvalue weighted by Gasteiger charge is -2.14. The van der Waals surface area contributed by atoms with Gasteiger partial charge in [-0.15, -0.1) is 0 Å². The van der Waals surface area contributed by atoms with Gasteiger partial charge in [0.2, 0.25) is 0 Å². The summed E-state index contributed by atoms with van der Waals surface area (Å²) in [6.45, 7) is 1.77. The van der Waals surface area contributed by atoms with Gasteiger partial charge in [0.05, 0.1) is 28.9 Å². The van der Waals surface area contributed by atoms with Gasteiger partial charge >= 0.3 is 12.1 Å². The summed E-state index contributed by atoms with van der Waals surface area (Å²) in [6, 6.07) is 1.64. The number of nitro groups is 1. The topological polar surface area (TPSA) is 106 Å². The van der Waals surface area contributed by atoms with E-state index < -0.39 is 39.9 Å². The number of hydrogen-bond donors (Lipinski definition) is 0. The quantitative estimate of drug-likeness (QED) is 0.343. The summed E-state index contributed by atoms with van der Waals surface area (Å²) in [5.74, 6) is -3.09. The number of pyridine rings is 1. The molecular formula is C13H12F3N3O4. The summed E-state index contributed by atoms with van der Waals surface area (Å²) in [7, 11) is 0. The van der Waals surface area contributed by atoms with E-state index in [-0.39, 0.29) is 12.7 Å². The second-order valence-electron chi connectivity index (χ2n) is 4.46. The van der Waals surface area contributed by atoms with Gasteiger partial charge in [-0.25, -0.2) is 0 Å². The summed E-state index contributed by atoms with van der Waals surface area (Å²) in [6.07, 6.45) is -3.26. The Morgan fingerprint density at radius 2 is 2.22 bits per heavy atom. The third-order valence-electron chi connectivity index (χ3n) is 2.80. The standard InChI is InChI=1S/C13H12F3N3O4/c1-2-3-4-23-12(20)9(6-17)11-10(13(14,15)16)5-8(7-18-11)19(21)22/h5,7,9H,2-4H2,1H3. The normalized spacial score (nSPS) is 12.3. The van der Waals surface area contributed by atoms with E-state index in [0.717, 1.165) is 0 Å². The van der Waals surface area contributed by atoms with E-state index in [0.29, 0.717) is 19.0 Å². The molecule has 1 rings (SSSR count). The van der Waals surface area contributed by atoms with Crippen LogP contribution in [-0.4, -0.2) is 22.5 Å². The third kappa shape index (κ3) is 4.64. The van der Waals surface area contributed by atoms with Gasteiger partial charge in [-0.1, -0.05) is 13.3 Å². The van der Waals surface area contributed by atoms with Crippen molar-refractivity contribution >= 4 is 11.7 Å². The van der Waals surface area contributed by atoms with Crippen LogP contribution in [0.4, 0.5) is 18.9 Å². The Morgan fingerprint density at radius 3 is 2.70 bits per heavy atom. The fourth-order valence-corrected chi connectivity index (χ4v) is 1.65. The van der Waals surface area contributed by atoms with Crippen LogP contribution < -0.4 is 0 Å². The lowest BCUT2D eigenvalue weighted by molar-refractivity contribution is -0.385. The Labute approximate surface area is 128 Å². The zero-order valence-corrected chi connectivity index (χ0v) is 12.0.